The van der Waals surface area contributed by atoms with Crippen LogP contribution >= 0.6 is 0 Å². The van der Waals surface area contributed by atoms with Crippen LogP contribution in [0.25, 0.3) is 22.3 Å². The van der Waals surface area contributed by atoms with Gasteiger partial charge in [0, 0.05) is 5.57 Å². The van der Waals surface area contributed by atoms with E-state index in [1.54, 1.807) is 18.2 Å². The van der Waals surface area contributed by atoms with Gasteiger partial charge in [-0.2, -0.15) is 13.2 Å². The van der Waals surface area contributed by atoms with Crippen LogP contribution in [0.4, 0.5) is 13.2 Å². The fourth-order valence-electron chi connectivity index (χ4n) is 2.85. The first-order valence-electron chi connectivity index (χ1n) is 8.91. The Bertz CT molecular complexity index is 1050. The molecule has 0 atom stereocenters. The van der Waals surface area contributed by atoms with Crippen molar-refractivity contribution in [2.24, 2.45) is 0 Å². The number of hydrogen-bond acceptors (Lipinski definition) is 2. The summed E-state index contributed by atoms with van der Waals surface area (Å²) in [5, 5.41) is 0. The molecule has 0 amide bonds. The predicted octanol–water partition coefficient (Wildman–Crippen LogP) is 6.83. The smallest absolute Gasteiger partial charge is 0.417 e. The van der Waals surface area contributed by atoms with Crippen molar-refractivity contribution in [2.45, 2.75) is 20.0 Å². The minimum atomic E-state index is -4.51. The molecule has 148 valence electrons. The third kappa shape index (κ3) is 4.74. The van der Waals surface area contributed by atoms with Gasteiger partial charge in [-0.3, -0.25) is 0 Å². The molecule has 0 N–H and O–H groups in total. The highest BCUT2D eigenvalue weighted by atomic mass is 19.4. The first-order chi connectivity index (χ1) is 13.6. The summed E-state index contributed by atoms with van der Waals surface area (Å²) in [5.74, 6) is -0.345. The van der Waals surface area contributed by atoms with E-state index in [0.29, 0.717) is 11.1 Å². The zero-order valence-corrected chi connectivity index (χ0v) is 16.0. The molecule has 0 bridgehead atoms. The maximum atomic E-state index is 13.8. The highest BCUT2D eigenvalue weighted by Gasteiger charge is 2.34. The molecule has 0 aliphatic carbocycles. The SMILES string of the molecule is C=C(C)C(=O)Oc1ccc(-c2ccc(-c3ccc(C)cc3)cc2C(F)(F)F)cc1. The van der Waals surface area contributed by atoms with E-state index in [4.69, 9.17) is 4.74 Å². The van der Waals surface area contributed by atoms with Gasteiger partial charge in [0.1, 0.15) is 5.75 Å². The molecule has 0 unspecified atom stereocenters. The van der Waals surface area contributed by atoms with E-state index in [9.17, 15) is 18.0 Å². The Labute approximate surface area is 167 Å². The first-order valence-corrected chi connectivity index (χ1v) is 8.91. The maximum absolute atomic E-state index is 13.8. The van der Waals surface area contributed by atoms with Crippen LogP contribution in [0.15, 0.2) is 78.9 Å². The number of rotatable bonds is 4. The maximum Gasteiger partial charge on any atom is 0.417 e. The molecule has 3 rings (SSSR count). The predicted molar refractivity (Wildman–Crippen MR) is 108 cm³/mol. The number of carbonyl (C=O) groups excluding carboxylic acids is 1. The van der Waals surface area contributed by atoms with Crippen molar-refractivity contribution in [2.75, 3.05) is 0 Å². The molecule has 0 aromatic heterocycles. The zero-order valence-electron chi connectivity index (χ0n) is 16.0. The molecular weight excluding hydrogens is 377 g/mol. The normalized spacial score (nSPS) is 11.2. The Morgan fingerprint density at radius 2 is 1.41 bits per heavy atom. The first kappa shape index (κ1) is 20.4. The van der Waals surface area contributed by atoms with E-state index in [1.807, 2.05) is 19.1 Å². The Morgan fingerprint density at radius 1 is 0.862 bits per heavy atom. The van der Waals surface area contributed by atoms with Gasteiger partial charge in [0.25, 0.3) is 0 Å². The molecule has 0 aliphatic heterocycles. The molecule has 5 heteroatoms. The van der Waals surface area contributed by atoms with Gasteiger partial charge in [-0.05, 0) is 54.3 Å². The summed E-state index contributed by atoms with van der Waals surface area (Å²) < 4.78 is 46.4. The van der Waals surface area contributed by atoms with Crippen molar-refractivity contribution in [1.82, 2.24) is 0 Å². The third-order valence-corrected chi connectivity index (χ3v) is 4.43. The van der Waals surface area contributed by atoms with Crippen LogP contribution in [0.1, 0.15) is 18.1 Å². The molecule has 3 aromatic carbocycles. The lowest BCUT2D eigenvalue weighted by Gasteiger charge is -2.15. The molecule has 0 saturated carbocycles. The van der Waals surface area contributed by atoms with E-state index >= 15 is 0 Å². The lowest BCUT2D eigenvalue weighted by Crippen LogP contribution is -2.08. The fraction of sp³-hybridized carbons (Fsp3) is 0.125. The van der Waals surface area contributed by atoms with Crippen LogP contribution in [-0.2, 0) is 11.0 Å². The number of benzene rings is 3. The number of halogens is 3. The van der Waals surface area contributed by atoms with Crippen molar-refractivity contribution in [3.8, 4) is 28.0 Å². The van der Waals surface area contributed by atoms with Crippen LogP contribution in [0.2, 0.25) is 0 Å². The average molecular weight is 396 g/mol. The van der Waals surface area contributed by atoms with Crippen LogP contribution in [-0.4, -0.2) is 5.97 Å². The Hall–Kier alpha value is -3.34. The summed E-state index contributed by atoms with van der Waals surface area (Å²) in [4.78, 5) is 11.6. The second-order valence-corrected chi connectivity index (χ2v) is 6.82. The third-order valence-electron chi connectivity index (χ3n) is 4.43. The zero-order chi connectivity index (χ0) is 21.2. The summed E-state index contributed by atoms with van der Waals surface area (Å²) in [6.07, 6.45) is -4.51. The van der Waals surface area contributed by atoms with E-state index < -0.39 is 17.7 Å². The topological polar surface area (TPSA) is 26.3 Å². The van der Waals surface area contributed by atoms with Gasteiger partial charge in [0.2, 0.25) is 0 Å². The van der Waals surface area contributed by atoms with Crippen molar-refractivity contribution in [3.05, 3.63) is 90.0 Å². The molecule has 0 spiro atoms. The fourth-order valence-corrected chi connectivity index (χ4v) is 2.85. The van der Waals surface area contributed by atoms with Gasteiger partial charge in [-0.25, -0.2) is 4.79 Å². The van der Waals surface area contributed by atoms with E-state index in [2.05, 4.69) is 6.58 Å². The van der Waals surface area contributed by atoms with E-state index in [-0.39, 0.29) is 16.9 Å². The molecule has 29 heavy (non-hydrogen) atoms. The van der Waals surface area contributed by atoms with Gasteiger partial charge in [0.15, 0.2) is 0 Å². The second kappa shape index (κ2) is 7.95. The monoisotopic (exact) mass is 396 g/mol. The Kier molecular flexibility index (Phi) is 5.59. The van der Waals surface area contributed by atoms with Gasteiger partial charge < -0.3 is 4.74 Å². The van der Waals surface area contributed by atoms with Crippen LogP contribution in [0, 0.1) is 6.92 Å². The van der Waals surface area contributed by atoms with Gasteiger partial charge in [-0.15, -0.1) is 0 Å². The minimum Gasteiger partial charge on any atom is -0.423 e. The lowest BCUT2D eigenvalue weighted by molar-refractivity contribution is -0.137. The van der Waals surface area contributed by atoms with Gasteiger partial charge in [-0.1, -0.05) is 60.7 Å². The molecule has 0 saturated heterocycles. The molecule has 2 nitrogen and oxygen atoms in total. The van der Waals surface area contributed by atoms with Gasteiger partial charge in [0.05, 0.1) is 5.56 Å². The molecular formula is C24H19F3O2. The number of aryl methyl sites for hydroxylation is 1. The van der Waals surface area contributed by atoms with Gasteiger partial charge >= 0.3 is 12.1 Å². The quantitative estimate of drug-likeness (QED) is 0.274. The number of alkyl halides is 3. The molecule has 3 aromatic rings. The van der Waals surface area contributed by atoms with Crippen LogP contribution in [0.3, 0.4) is 0 Å². The largest absolute Gasteiger partial charge is 0.423 e. The second-order valence-electron chi connectivity index (χ2n) is 6.82. The highest BCUT2D eigenvalue weighted by molar-refractivity contribution is 5.88. The number of hydrogen-bond donors (Lipinski definition) is 0. The Balaban J connectivity index is 1.99. The van der Waals surface area contributed by atoms with Crippen molar-refractivity contribution in [3.63, 3.8) is 0 Å². The summed E-state index contributed by atoms with van der Waals surface area (Å²) in [6.45, 7) is 6.93. The minimum absolute atomic E-state index is 0.0612. The molecule has 0 aliphatic rings. The number of esters is 1. The summed E-state index contributed by atoms with van der Waals surface area (Å²) >= 11 is 0. The van der Waals surface area contributed by atoms with E-state index in [0.717, 1.165) is 17.2 Å². The summed E-state index contributed by atoms with van der Waals surface area (Å²) in [5.41, 5.74) is 2.20. The van der Waals surface area contributed by atoms with Crippen molar-refractivity contribution < 1.29 is 22.7 Å². The highest BCUT2D eigenvalue weighted by Crippen LogP contribution is 2.39. The summed E-state index contributed by atoms with van der Waals surface area (Å²) in [6, 6.07) is 17.5. The number of carbonyl (C=O) groups is 1. The molecule has 0 radical (unpaired) electrons. The Morgan fingerprint density at radius 3 is 1.97 bits per heavy atom. The average Bonchev–Trinajstić information content (AvgIpc) is 2.68. The van der Waals surface area contributed by atoms with E-state index in [1.165, 1.54) is 37.3 Å². The molecule has 0 fully saturated rings. The van der Waals surface area contributed by atoms with Crippen LogP contribution < -0.4 is 4.74 Å². The van der Waals surface area contributed by atoms with Crippen molar-refractivity contribution in [1.29, 1.82) is 0 Å². The van der Waals surface area contributed by atoms with Crippen LogP contribution in [0.5, 0.6) is 5.75 Å². The lowest BCUT2D eigenvalue weighted by atomic mass is 9.94. The summed E-state index contributed by atoms with van der Waals surface area (Å²) in [7, 11) is 0. The molecule has 0 heterocycles. The number of ether oxygens (including phenoxy) is 1. The van der Waals surface area contributed by atoms with Crippen molar-refractivity contribution >= 4 is 5.97 Å². The standard InChI is InChI=1S/C24H19F3O2/c1-15(2)23(28)29-20-11-8-18(9-12-20)21-13-10-19(14-22(21)24(25,26)27)17-6-4-16(3)5-7-17/h4-14H,1H2,2-3H3.